The second-order valence-corrected chi connectivity index (χ2v) is 26.3. The van der Waals surface area contributed by atoms with E-state index in [4.69, 9.17) is 41.4 Å². The van der Waals surface area contributed by atoms with E-state index >= 15 is 0 Å². The minimum atomic E-state index is -1.17. The summed E-state index contributed by atoms with van der Waals surface area (Å²) in [6, 6.07) is 2.86. The van der Waals surface area contributed by atoms with E-state index in [9.17, 15) is 67.7 Å². The lowest BCUT2D eigenvalue weighted by Crippen LogP contribution is -2.49. The van der Waals surface area contributed by atoms with Gasteiger partial charge in [0.15, 0.2) is 17.5 Å². The molecule has 0 saturated carbocycles. The molecule has 30 nitrogen and oxygen atoms in total. The molecular weight excluding hydrogens is 1320 g/mol. The SMILES string of the molecule is CCCCC(=O)[C@H](CCC(=O)NOCCOCC(=O)NCCOCCOCC(=O)NCCCC[C@H](NCC(=O)CC(C)C)C(=O)CN[C@@H](CCCN=C(N)N)CC(=O)N[C@@H](Cc1ccc(O)cc1)C(N)=O)NC(=O)CC[C@H](CC(=O)CCCCCCCCCCCCCCCCC(=O)O)C(=O)O. The number of carboxylic acids is 2. The molecule has 0 aliphatic rings. The first-order chi connectivity index (χ1) is 48.9. The molecule has 0 spiro atoms. The predicted molar refractivity (Wildman–Crippen MR) is 384 cm³/mol. The predicted octanol–water partition coefficient (Wildman–Crippen LogP) is 4.74. The van der Waals surface area contributed by atoms with Crippen molar-refractivity contribution in [1.82, 2.24) is 37.4 Å². The Morgan fingerprint density at radius 2 is 1.07 bits per heavy atom. The second-order valence-electron chi connectivity index (χ2n) is 26.3. The van der Waals surface area contributed by atoms with Crippen LogP contribution >= 0.6 is 0 Å². The van der Waals surface area contributed by atoms with Crippen LogP contribution in [0.25, 0.3) is 0 Å². The minimum Gasteiger partial charge on any atom is -0.508 e. The topological polar surface area (TPSA) is 477 Å². The summed E-state index contributed by atoms with van der Waals surface area (Å²) in [4.78, 5) is 160. The van der Waals surface area contributed by atoms with Crippen LogP contribution in [0.4, 0.5) is 0 Å². The van der Waals surface area contributed by atoms with Crippen molar-refractivity contribution in [2.24, 2.45) is 34.0 Å². The number of primary amides is 1. The highest BCUT2D eigenvalue weighted by molar-refractivity contribution is 5.91. The number of amides is 6. The van der Waals surface area contributed by atoms with Gasteiger partial charge in [-0.25, -0.2) is 5.48 Å². The molecule has 0 saturated heterocycles. The maximum atomic E-state index is 13.7. The number of hydroxylamine groups is 1. The van der Waals surface area contributed by atoms with Gasteiger partial charge >= 0.3 is 11.9 Å². The fourth-order valence-electron chi connectivity index (χ4n) is 10.9. The van der Waals surface area contributed by atoms with E-state index in [1.54, 1.807) is 12.1 Å². The number of carboxylic acid groups (broad SMARTS) is 2. The Hall–Kier alpha value is -7.51. The number of ketones is 4. The number of guanidine groups is 1. The number of rotatable bonds is 69. The standard InChI is InChI=1S/C72H123N11O19/c1-4-5-26-62(87)60(81-64(89)34-30-54(71(97)98)46-57(85)24-18-16-14-12-10-8-6-7-9-11-13-15-17-19-27-69(94)95)33-35-65(90)83-102-43-42-101-51-68(93)77-38-39-99-40-41-100-50-67(92)76-36-21-20-25-59(80-48-58(86)44-52(2)3)63(88)49-79-55(23-22-37-78-72(74)75)47-66(91)82-61(70(73)96)45-53-28-31-56(84)32-29-53/h28-29,31-32,52,54-55,59-61,79-80,84H,4-27,30,33-51H2,1-3H3,(H2,73,96)(H,76,92)(H,77,93)(H,81,89)(H,82,91)(H,83,90)(H,94,95)(H,97,98)(H4,74,75,78)/t54-,55+,59+,60+,61+/m1/s1. The Morgan fingerprint density at radius 3 is 1.66 bits per heavy atom. The van der Waals surface area contributed by atoms with Crippen LogP contribution in [0.2, 0.25) is 0 Å². The van der Waals surface area contributed by atoms with Crippen LogP contribution < -0.4 is 54.6 Å². The Bertz CT molecular complexity index is 2630. The van der Waals surface area contributed by atoms with Crippen LogP contribution in [0.1, 0.15) is 225 Å². The zero-order valence-corrected chi connectivity index (χ0v) is 60.9. The summed E-state index contributed by atoms with van der Waals surface area (Å²) >= 11 is 0. The van der Waals surface area contributed by atoms with E-state index in [2.05, 4.69) is 42.4 Å². The number of Topliss-reactive ketones (excluding diaryl/α,β-unsaturated/α-hetero) is 4. The molecule has 102 heavy (non-hydrogen) atoms. The monoisotopic (exact) mass is 1450 g/mol. The highest BCUT2D eigenvalue weighted by atomic mass is 16.7. The molecule has 0 bridgehead atoms. The molecule has 16 N–H and O–H groups in total. The average molecular weight is 1450 g/mol. The van der Waals surface area contributed by atoms with Crippen molar-refractivity contribution in [2.45, 2.75) is 250 Å². The number of hydrogen-bond donors (Lipinski definition) is 13. The van der Waals surface area contributed by atoms with E-state index in [1.165, 1.54) is 44.2 Å². The fourth-order valence-corrected chi connectivity index (χ4v) is 10.9. The number of aromatic hydroxyl groups is 1. The largest absolute Gasteiger partial charge is 0.508 e. The number of nitrogens with two attached hydrogens (primary N) is 3. The number of unbranched alkanes of at least 4 members (excludes halogenated alkanes) is 15. The number of phenols is 1. The van der Waals surface area contributed by atoms with Gasteiger partial charge < -0.3 is 78.6 Å². The number of hydrogen-bond acceptors (Lipinski definition) is 20. The molecule has 0 aromatic heterocycles. The van der Waals surface area contributed by atoms with Crippen molar-refractivity contribution in [3.05, 3.63) is 29.8 Å². The Morgan fingerprint density at radius 1 is 0.490 bits per heavy atom. The van der Waals surface area contributed by atoms with Crippen LogP contribution in [0, 0.1) is 11.8 Å². The summed E-state index contributed by atoms with van der Waals surface area (Å²) in [6.07, 6.45) is 18.5. The Labute approximate surface area is 602 Å². The van der Waals surface area contributed by atoms with E-state index in [0.29, 0.717) is 63.5 Å². The minimum absolute atomic E-state index is 0.0201. The van der Waals surface area contributed by atoms with Crippen molar-refractivity contribution >= 4 is 76.5 Å². The Balaban J connectivity index is 2.37. The summed E-state index contributed by atoms with van der Waals surface area (Å²) in [5, 5.41) is 45.2. The number of benzene rings is 1. The van der Waals surface area contributed by atoms with Crippen molar-refractivity contribution in [3.8, 4) is 5.75 Å². The Kier molecular flexibility index (Phi) is 54.4. The molecule has 580 valence electrons. The maximum Gasteiger partial charge on any atom is 0.306 e. The van der Waals surface area contributed by atoms with Gasteiger partial charge in [-0.2, -0.15) is 0 Å². The van der Waals surface area contributed by atoms with Gasteiger partial charge in [-0.15, -0.1) is 0 Å². The van der Waals surface area contributed by atoms with Gasteiger partial charge in [0.1, 0.15) is 36.6 Å². The number of carbonyl (C=O) groups excluding carboxylic acids is 10. The quantitative estimate of drug-likeness (QED) is 0.0181. The fraction of sp³-hybridized carbons (Fsp3) is 0.736. The zero-order valence-electron chi connectivity index (χ0n) is 60.9. The normalized spacial score (nSPS) is 12.7. The van der Waals surface area contributed by atoms with Crippen LogP contribution in [-0.4, -0.2) is 195 Å². The third kappa shape index (κ3) is 53.3. The molecule has 0 radical (unpaired) electrons. The number of nitrogens with zero attached hydrogens (tertiary/aromatic N) is 1. The maximum absolute atomic E-state index is 13.7. The molecule has 6 amide bonds. The number of ether oxygens (including phenoxy) is 3. The molecule has 1 aromatic rings. The van der Waals surface area contributed by atoms with E-state index in [-0.39, 0.29) is 183 Å². The lowest BCUT2D eigenvalue weighted by molar-refractivity contribution is -0.144. The molecular formula is C72H123N11O19. The first-order valence-corrected chi connectivity index (χ1v) is 36.8. The van der Waals surface area contributed by atoms with E-state index in [0.717, 1.165) is 57.8 Å². The lowest BCUT2D eigenvalue weighted by atomic mass is 9.94. The van der Waals surface area contributed by atoms with Gasteiger partial charge in [0.25, 0.3) is 0 Å². The van der Waals surface area contributed by atoms with Gasteiger partial charge in [0, 0.05) is 83.5 Å². The van der Waals surface area contributed by atoms with Crippen LogP contribution in [-0.2, 0) is 83.0 Å². The summed E-state index contributed by atoms with van der Waals surface area (Å²) in [7, 11) is 0. The lowest BCUT2D eigenvalue weighted by Gasteiger charge is -2.23. The number of aliphatic imine (C=N–C) groups is 1. The molecule has 0 unspecified atom stereocenters. The van der Waals surface area contributed by atoms with Crippen molar-refractivity contribution in [2.75, 3.05) is 79.0 Å². The average Bonchev–Trinajstić information content (AvgIpc) is 0.899. The van der Waals surface area contributed by atoms with Gasteiger partial charge in [-0.3, -0.25) is 67.4 Å². The number of nitrogens with one attached hydrogen (secondary N) is 7. The molecule has 0 fully saturated rings. The molecule has 30 heteroatoms. The molecule has 1 aromatic carbocycles. The number of phenolic OH excluding ortho intramolecular Hbond substituents is 1. The van der Waals surface area contributed by atoms with Gasteiger partial charge in [0.05, 0.1) is 64.1 Å². The first kappa shape index (κ1) is 92.5. The number of carbonyl (C=O) groups is 12. The number of aliphatic carboxylic acids is 2. The van der Waals surface area contributed by atoms with Crippen molar-refractivity contribution < 1.29 is 91.9 Å². The smallest absolute Gasteiger partial charge is 0.306 e. The van der Waals surface area contributed by atoms with Crippen LogP contribution in [0.3, 0.4) is 0 Å². The van der Waals surface area contributed by atoms with Crippen molar-refractivity contribution in [3.63, 3.8) is 0 Å². The summed E-state index contributed by atoms with van der Waals surface area (Å²) in [6.45, 7) is 6.00. The third-order valence-electron chi connectivity index (χ3n) is 16.6. The van der Waals surface area contributed by atoms with E-state index in [1.807, 2.05) is 20.8 Å². The van der Waals surface area contributed by atoms with Crippen molar-refractivity contribution in [1.29, 1.82) is 0 Å². The summed E-state index contributed by atoms with van der Waals surface area (Å²) < 4.78 is 16.2. The van der Waals surface area contributed by atoms with Gasteiger partial charge in [0.2, 0.25) is 35.4 Å². The van der Waals surface area contributed by atoms with Crippen LogP contribution in [0.15, 0.2) is 29.3 Å². The first-order valence-electron chi connectivity index (χ1n) is 36.8. The molecule has 5 atom stereocenters. The highest BCUT2D eigenvalue weighted by Crippen LogP contribution is 2.19. The van der Waals surface area contributed by atoms with Crippen LogP contribution in [0.5, 0.6) is 5.75 Å². The summed E-state index contributed by atoms with van der Waals surface area (Å²) in [5.74, 6) is -6.77. The molecule has 0 aliphatic heterocycles. The molecule has 0 heterocycles. The zero-order chi connectivity index (χ0) is 75.6. The van der Waals surface area contributed by atoms with Gasteiger partial charge in [-0.1, -0.05) is 116 Å². The van der Waals surface area contributed by atoms with E-state index < -0.39 is 71.6 Å². The summed E-state index contributed by atoms with van der Waals surface area (Å²) in [5.41, 5.74) is 19.5. The highest BCUT2D eigenvalue weighted by Gasteiger charge is 2.27. The molecule has 1 rings (SSSR count). The second kappa shape index (κ2) is 60.0. The molecule has 0 aliphatic carbocycles. The third-order valence-corrected chi connectivity index (χ3v) is 16.6. The van der Waals surface area contributed by atoms with Gasteiger partial charge in [-0.05, 0) is 87.8 Å².